The number of urea groups is 1. The van der Waals surface area contributed by atoms with Crippen molar-refractivity contribution in [2.45, 2.75) is 6.42 Å². The summed E-state index contributed by atoms with van der Waals surface area (Å²) in [7, 11) is 0. The highest BCUT2D eigenvalue weighted by molar-refractivity contribution is 7.99. The molecule has 86 valence electrons. The Labute approximate surface area is 99.4 Å². The monoisotopic (exact) mass is 237 g/mol. The zero-order valence-corrected chi connectivity index (χ0v) is 9.87. The van der Waals surface area contributed by atoms with E-state index in [1.165, 1.54) is 0 Å². The average Bonchev–Trinajstić information content (AvgIpc) is 2.59. The van der Waals surface area contributed by atoms with Crippen molar-refractivity contribution >= 4 is 23.5 Å². The van der Waals surface area contributed by atoms with Crippen LogP contribution in [0.2, 0.25) is 0 Å². The quantitative estimate of drug-likeness (QED) is 0.813. The van der Waals surface area contributed by atoms with Crippen LogP contribution in [0.1, 0.15) is 6.42 Å². The molecule has 1 saturated heterocycles. The second-order valence-corrected chi connectivity index (χ2v) is 4.85. The largest absolute Gasteiger partial charge is 0.324 e. The minimum absolute atomic E-state index is 0.0181. The fourth-order valence-electron chi connectivity index (χ4n) is 1.59. The van der Waals surface area contributed by atoms with Crippen LogP contribution in [0.25, 0.3) is 0 Å². The number of rotatable bonds is 1. The van der Waals surface area contributed by atoms with Crippen molar-refractivity contribution in [3.05, 3.63) is 24.5 Å². The van der Waals surface area contributed by atoms with E-state index in [4.69, 9.17) is 0 Å². The van der Waals surface area contributed by atoms with Gasteiger partial charge in [0.1, 0.15) is 0 Å². The van der Waals surface area contributed by atoms with Crippen molar-refractivity contribution in [3.8, 4) is 0 Å². The van der Waals surface area contributed by atoms with E-state index >= 15 is 0 Å². The summed E-state index contributed by atoms with van der Waals surface area (Å²) in [4.78, 5) is 17.7. The number of carbonyl (C=O) groups is 1. The molecule has 4 nitrogen and oxygen atoms in total. The molecule has 0 atom stereocenters. The Balaban J connectivity index is 1.92. The van der Waals surface area contributed by atoms with Crippen LogP contribution in [0.15, 0.2) is 24.5 Å². The molecule has 2 heterocycles. The summed E-state index contributed by atoms with van der Waals surface area (Å²) in [6.07, 6.45) is 4.42. The number of nitrogens with one attached hydrogen (secondary N) is 1. The van der Waals surface area contributed by atoms with E-state index in [2.05, 4.69) is 10.3 Å². The second-order valence-electron chi connectivity index (χ2n) is 3.62. The number of pyridine rings is 1. The van der Waals surface area contributed by atoms with Crippen LogP contribution in [0.5, 0.6) is 0 Å². The maximum Gasteiger partial charge on any atom is 0.321 e. The van der Waals surface area contributed by atoms with E-state index in [0.717, 1.165) is 36.7 Å². The molecule has 1 aromatic rings. The lowest BCUT2D eigenvalue weighted by molar-refractivity contribution is 0.216. The first-order valence-electron chi connectivity index (χ1n) is 5.40. The molecule has 0 bridgehead atoms. The summed E-state index contributed by atoms with van der Waals surface area (Å²) < 4.78 is 0. The van der Waals surface area contributed by atoms with Gasteiger partial charge in [0, 0.05) is 25.0 Å². The van der Waals surface area contributed by atoms with Crippen LogP contribution >= 0.6 is 11.8 Å². The Morgan fingerprint density at radius 3 is 3.19 bits per heavy atom. The van der Waals surface area contributed by atoms with Crippen LogP contribution in [0.3, 0.4) is 0 Å². The number of thioether (sulfide) groups is 1. The molecule has 1 aliphatic rings. The van der Waals surface area contributed by atoms with Crippen molar-refractivity contribution in [3.63, 3.8) is 0 Å². The number of anilines is 1. The van der Waals surface area contributed by atoms with E-state index in [0.29, 0.717) is 0 Å². The van der Waals surface area contributed by atoms with Crippen molar-refractivity contribution in [1.82, 2.24) is 9.88 Å². The molecule has 0 radical (unpaired) electrons. The van der Waals surface area contributed by atoms with Gasteiger partial charge in [-0.15, -0.1) is 0 Å². The van der Waals surface area contributed by atoms with Gasteiger partial charge in [-0.05, 0) is 24.3 Å². The SMILES string of the molecule is O=C(Nc1cccnc1)N1CCCSCC1. The topological polar surface area (TPSA) is 45.2 Å². The van der Waals surface area contributed by atoms with Crippen LogP contribution in [-0.4, -0.2) is 40.5 Å². The zero-order valence-electron chi connectivity index (χ0n) is 9.06. The third kappa shape index (κ3) is 3.13. The standard InChI is InChI=1S/C11H15N3OS/c15-11(13-10-3-1-4-12-9-10)14-5-2-7-16-8-6-14/h1,3-4,9H,2,5-8H2,(H,13,15). The lowest BCUT2D eigenvalue weighted by atomic mass is 10.4. The summed E-state index contributed by atoms with van der Waals surface area (Å²) >= 11 is 1.91. The molecule has 0 saturated carbocycles. The van der Waals surface area contributed by atoms with Crippen LogP contribution in [0, 0.1) is 0 Å². The van der Waals surface area contributed by atoms with Crippen molar-refractivity contribution < 1.29 is 4.79 Å². The smallest absolute Gasteiger partial charge is 0.321 e. The number of amides is 2. The molecule has 1 aliphatic heterocycles. The molecule has 1 fully saturated rings. The van der Waals surface area contributed by atoms with Gasteiger partial charge in [-0.25, -0.2) is 4.79 Å². The number of hydrogen-bond acceptors (Lipinski definition) is 3. The van der Waals surface area contributed by atoms with Gasteiger partial charge in [0.25, 0.3) is 0 Å². The van der Waals surface area contributed by atoms with Crippen LogP contribution < -0.4 is 5.32 Å². The minimum Gasteiger partial charge on any atom is -0.324 e. The Kier molecular flexibility index (Phi) is 4.04. The normalized spacial score (nSPS) is 16.6. The summed E-state index contributed by atoms with van der Waals surface area (Å²) in [5.41, 5.74) is 0.754. The van der Waals surface area contributed by atoms with Crippen molar-refractivity contribution in [1.29, 1.82) is 0 Å². The van der Waals surface area contributed by atoms with Gasteiger partial charge in [-0.1, -0.05) is 0 Å². The summed E-state index contributed by atoms with van der Waals surface area (Å²) in [6.45, 7) is 1.68. The Bertz CT molecular complexity index is 336. The fraction of sp³-hybridized carbons (Fsp3) is 0.455. The van der Waals surface area contributed by atoms with E-state index in [-0.39, 0.29) is 6.03 Å². The highest BCUT2D eigenvalue weighted by Crippen LogP contribution is 2.11. The predicted molar refractivity (Wildman–Crippen MR) is 66.8 cm³/mol. The molecular formula is C11H15N3OS. The molecule has 0 spiro atoms. The summed E-state index contributed by atoms with van der Waals surface area (Å²) in [6, 6.07) is 3.64. The maximum atomic E-state index is 11.9. The van der Waals surface area contributed by atoms with Gasteiger partial charge in [0.15, 0.2) is 0 Å². The highest BCUT2D eigenvalue weighted by atomic mass is 32.2. The van der Waals surface area contributed by atoms with Gasteiger partial charge in [0.05, 0.1) is 11.9 Å². The first-order valence-corrected chi connectivity index (χ1v) is 6.55. The molecule has 0 aliphatic carbocycles. The third-order valence-corrected chi connectivity index (χ3v) is 3.47. The molecule has 5 heteroatoms. The number of aromatic nitrogens is 1. The van der Waals surface area contributed by atoms with E-state index < -0.39 is 0 Å². The van der Waals surface area contributed by atoms with E-state index in [1.807, 2.05) is 28.8 Å². The van der Waals surface area contributed by atoms with Gasteiger partial charge < -0.3 is 10.2 Å². The first-order chi connectivity index (χ1) is 7.86. The lowest BCUT2D eigenvalue weighted by Crippen LogP contribution is -2.36. The number of hydrogen-bond donors (Lipinski definition) is 1. The minimum atomic E-state index is -0.0181. The second kappa shape index (κ2) is 5.75. The lowest BCUT2D eigenvalue weighted by Gasteiger charge is -2.20. The van der Waals surface area contributed by atoms with Gasteiger partial charge in [-0.3, -0.25) is 4.98 Å². The third-order valence-electron chi connectivity index (χ3n) is 2.42. The molecule has 0 unspecified atom stereocenters. The van der Waals surface area contributed by atoms with Crippen LogP contribution in [0.4, 0.5) is 10.5 Å². The average molecular weight is 237 g/mol. The number of carbonyl (C=O) groups excluding carboxylic acids is 1. The molecule has 1 N–H and O–H groups in total. The predicted octanol–water partition coefficient (Wildman–Crippen LogP) is 2.05. The molecule has 2 amide bonds. The van der Waals surface area contributed by atoms with Gasteiger partial charge in [0.2, 0.25) is 0 Å². The van der Waals surface area contributed by atoms with Crippen molar-refractivity contribution in [2.24, 2.45) is 0 Å². The van der Waals surface area contributed by atoms with Gasteiger partial charge >= 0.3 is 6.03 Å². The Hall–Kier alpha value is -1.23. The number of nitrogens with zero attached hydrogens (tertiary/aromatic N) is 2. The van der Waals surface area contributed by atoms with Gasteiger partial charge in [-0.2, -0.15) is 11.8 Å². The first kappa shape index (κ1) is 11.3. The Morgan fingerprint density at radius 1 is 1.44 bits per heavy atom. The molecular weight excluding hydrogens is 222 g/mol. The van der Waals surface area contributed by atoms with Crippen molar-refractivity contribution in [2.75, 3.05) is 29.9 Å². The molecule has 2 rings (SSSR count). The zero-order chi connectivity index (χ0) is 11.2. The van der Waals surface area contributed by atoms with Crippen LogP contribution in [-0.2, 0) is 0 Å². The molecule has 0 aromatic carbocycles. The molecule has 16 heavy (non-hydrogen) atoms. The van der Waals surface area contributed by atoms with E-state index in [1.54, 1.807) is 12.4 Å². The maximum absolute atomic E-state index is 11.9. The summed E-state index contributed by atoms with van der Waals surface area (Å²) in [5, 5.41) is 2.85. The summed E-state index contributed by atoms with van der Waals surface area (Å²) in [5.74, 6) is 2.18. The van der Waals surface area contributed by atoms with E-state index in [9.17, 15) is 4.79 Å². The fourth-order valence-corrected chi connectivity index (χ4v) is 2.48. The Morgan fingerprint density at radius 2 is 2.38 bits per heavy atom. The molecule has 1 aromatic heterocycles. The highest BCUT2D eigenvalue weighted by Gasteiger charge is 2.15.